The SMILES string of the molecule is CC1(C)OC([C@@H](Cc2ccccc2)NCc2ccccc2)C([C@@H](Cc2ccccc2)NCc2ccc(F)c(C#N)c2)O1.N#Cc1cc(CN2C(=O)N(Cc3ccccc3)[C@H](Cc3ccccc3)C(O)C(O)[C@H]2Cc2ccccc2)ccc1F. The van der Waals surface area contributed by atoms with Crippen molar-refractivity contribution in [1.29, 1.82) is 10.5 Å². The normalized spacial score (nSPS) is 20.0. The van der Waals surface area contributed by atoms with Gasteiger partial charge in [-0.1, -0.05) is 194 Å². The van der Waals surface area contributed by atoms with Crippen LogP contribution in [0.25, 0.3) is 0 Å². The van der Waals surface area contributed by atoms with Crippen molar-refractivity contribution in [3.8, 4) is 12.1 Å². The van der Waals surface area contributed by atoms with Gasteiger partial charge in [-0.05, 0) is 108 Å². The number of hydrogen-bond acceptors (Lipinski definition) is 9. The molecule has 0 spiro atoms. The van der Waals surface area contributed by atoms with Crippen LogP contribution in [0.4, 0.5) is 13.6 Å². The van der Waals surface area contributed by atoms with Gasteiger partial charge in [-0.2, -0.15) is 10.5 Å². The predicted molar refractivity (Wildman–Crippen MR) is 317 cm³/mol. The van der Waals surface area contributed by atoms with E-state index in [1.54, 1.807) is 28.0 Å². The number of aliphatic hydroxyl groups is 2. The van der Waals surface area contributed by atoms with Crippen molar-refractivity contribution in [1.82, 2.24) is 20.4 Å². The highest BCUT2D eigenvalue weighted by molar-refractivity contribution is 5.76. The number of benzene rings is 8. The largest absolute Gasteiger partial charge is 0.388 e. The number of nitriles is 2. The number of rotatable bonds is 20. The molecule has 2 amide bonds. The lowest BCUT2D eigenvalue weighted by Gasteiger charge is -2.36. The van der Waals surface area contributed by atoms with Crippen molar-refractivity contribution < 1.29 is 33.3 Å². The Labute approximate surface area is 486 Å². The van der Waals surface area contributed by atoms with E-state index < -0.39 is 41.7 Å². The van der Waals surface area contributed by atoms with Gasteiger partial charge in [0.25, 0.3) is 0 Å². The van der Waals surface area contributed by atoms with Crippen LogP contribution in [0.2, 0.25) is 0 Å². The van der Waals surface area contributed by atoms with Crippen molar-refractivity contribution >= 4 is 6.03 Å². The Bertz CT molecular complexity index is 3410. The molecule has 424 valence electrons. The van der Waals surface area contributed by atoms with Crippen LogP contribution >= 0.6 is 0 Å². The highest BCUT2D eigenvalue weighted by Crippen LogP contribution is 2.35. The first-order chi connectivity index (χ1) is 40.3. The van der Waals surface area contributed by atoms with E-state index >= 15 is 0 Å². The smallest absolute Gasteiger partial charge is 0.321 e. The Morgan fingerprint density at radius 3 is 1.23 bits per heavy atom. The summed E-state index contributed by atoms with van der Waals surface area (Å²) in [4.78, 5) is 17.8. The van der Waals surface area contributed by atoms with Crippen molar-refractivity contribution in [2.24, 2.45) is 0 Å². The van der Waals surface area contributed by atoms with Crippen molar-refractivity contribution in [3.05, 3.63) is 286 Å². The summed E-state index contributed by atoms with van der Waals surface area (Å²) in [5.74, 6) is -1.92. The molecule has 2 fully saturated rings. The Morgan fingerprint density at radius 2 is 0.819 bits per heavy atom. The summed E-state index contributed by atoms with van der Waals surface area (Å²) in [6, 6.07) is 70.5. The van der Waals surface area contributed by atoms with Gasteiger partial charge in [0.2, 0.25) is 0 Å². The lowest BCUT2D eigenvalue weighted by molar-refractivity contribution is -0.150. The van der Waals surface area contributed by atoms with Gasteiger partial charge >= 0.3 is 6.03 Å². The molecule has 0 radical (unpaired) electrons. The monoisotopic (exact) mass is 1110 g/mol. The van der Waals surface area contributed by atoms with Crippen LogP contribution in [0.15, 0.2) is 218 Å². The molecule has 10 rings (SSSR count). The maximum absolute atomic E-state index is 14.6. The first-order valence-electron chi connectivity index (χ1n) is 28.2. The molecule has 2 aliphatic heterocycles. The minimum Gasteiger partial charge on any atom is -0.388 e. The maximum Gasteiger partial charge on any atom is 0.321 e. The molecule has 83 heavy (non-hydrogen) atoms. The van der Waals surface area contributed by atoms with Gasteiger partial charge in [-0.3, -0.25) is 0 Å². The minimum absolute atomic E-state index is 0.0262. The van der Waals surface area contributed by atoms with Gasteiger partial charge in [0.1, 0.15) is 48.2 Å². The third kappa shape index (κ3) is 16.0. The van der Waals surface area contributed by atoms with E-state index in [0.717, 1.165) is 28.7 Å². The summed E-state index contributed by atoms with van der Waals surface area (Å²) < 4.78 is 41.5. The lowest BCUT2D eigenvalue weighted by Crippen LogP contribution is -2.53. The second kappa shape index (κ2) is 28.6. The molecule has 8 atom stereocenters. The fraction of sp³-hybridized carbons (Fsp3) is 0.271. The van der Waals surface area contributed by atoms with Crippen LogP contribution in [0.5, 0.6) is 0 Å². The zero-order valence-corrected chi connectivity index (χ0v) is 46.7. The van der Waals surface area contributed by atoms with Crippen molar-refractivity contribution in [2.45, 2.75) is 120 Å². The van der Waals surface area contributed by atoms with Crippen LogP contribution in [0.1, 0.15) is 69.5 Å². The van der Waals surface area contributed by atoms with Gasteiger partial charge < -0.3 is 40.1 Å². The van der Waals surface area contributed by atoms with E-state index in [-0.39, 0.29) is 54.5 Å². The van der Waals surface area contributed by atoms with E-state index in [2.05, 4.69) is 71.3 Å². The Kier molecular flexibility index (Phi) is 20.4. The van der Waals surface area contributed by atoms with Crippen LogP contribution in [-0.2, 0) is 61.3 Å². The standard InChI is InChI=1S/C36H38FN3O2.C34H32FN3O3/c1-36(2)41-34(32(21-26-12-6-3-7-13-26)39-24-28-16-10-5-11-17-28)35(42-36)33(22-27-14-8-4-9-15-27)40-25-29-18-19-31(37)30(20-29)23-38;35-29-17-16-27(18-28(29)21-36)23-38-31(20-25-12-6-2-7-13-25)33(40)32(39)30(19-24-10-4-1-5-11-24)37(34(38)41)22-26-14-8-3-9-15-26/h3-20,32-35,39-40H,21-22,24-25H2,1-2H3;1-18,30-33,39-40H,19-20,22-23H2/t32-,33-,34?,35?;30-,31-,32?,33?/m11/s1. The molecule has 8 aromatic carbocycles. The highest BCUT2D eigenvalue weighted by atomic mass is 19.1. The molecule has 0 bridgehead atoms. The van der Waals surface area contributed by atoms with Crippen molar-refractivity contribution in [2.75, 3.05) is 0 Å². The lowest BCUT2D eigenvalue weighted by atomic mass is 9.91. The summed E-state index contributed by atoms with van der Waals surface area (Å²) in [5, 5.41) is 49.7. The number of aliphatic hydroxyl groups excluding tert-OH is 2. The van der Waals surface area contributed by atoms with E-state index in [0.29, 0.717) is 37.9 Å². The zero-order valence-electron chi connectivity index (χ0n) is 46.7. The molecule has 13 heteroatoms. The topological polar surface area (TPSA) is 154 Å². The average molecular weight is 1110 g/mol. The number of amides is 2. The van der Waals surface area contributed by atoms with E-state index in [4.69, 9.17) is 9.47 Å². The quantitative estimate of drug-likeness (QED) is 0.0584. The van der Waals surface area contributed by atoms with E-state index in [9.17, 15) is 34.3 Å². The second-order valence-corrected chi connectivity index (χ2v) is 21.8. The van der Waals surface area contributed by atoms with Gasteiger partial charge in [0, 0.05) is 38.3 Å². The number of hydrogen-bond donors (Lipinski definition) is 4. The number of carbonyl (C=O) groups excluding carboxylic acids is 1. The fourth-order valence-corrected chi connectivity index (χ4v) is 11.2. The number of urea groups is 1. The van der Waals surface area contributed by atoms with Gasteiger partial charge in [-0.25, -0.2) is 13.6 Å². The summed E-state index contributed by atoms with van der Waals surface area (Å²) in [5.41, 5.74) is 7.63. The fourth-order valence-electron chi connectivity index (χ4n) is 11.2. The van der Waals surface area contributed by atoms with Gasteiger partial charge in [0.05, 0.1) is 23.2 Å². The number of carbonyl (C=O) groups is 1. The number of halogens is 2. The average Bonchev–Trinajstić information content (AvgIpc) is 3.78. The second-order valence-electron chi connectivity index (χ2n) is 21.8. The molecule has 2 aliphatic rings. The highest BCUT2D eigenvalue weighted by Gasteiger charge is 2.49. The third-order valence-electron chi connectivity index (χ3n) is 15.4. The van der Waals surface area contributed by atoms with E-state index in [1.807, 2.05) is 147 Å². The molecule has 2 saturated heterocycles. The number of nitrogens with one attached hydrogen (secondary N) is 2. The van der Waals surface area contributed by atoms with Crippen molar-refractivity contribution in [3.63, 3.8) is 0 Å². The first kappa shape index (κ1) is 59.3. The van der Waals surface area contributed by atoms with Crippen LogP contribution in [-0.4, -0.2) is 80.4 Å². The molecule has 2 heterocycles. The minimum atomic E-state index is -1.27. The molecule has 4 N–H and O–H groups in total. The molecule has 11 nitrogen and oxygen atoms in total. The van der Waals surface area contributed by atoms with E-state index in [1.165, 1.54) is 34.9 Å². The van der Waals surface area contributed by atoms with Crippen LogP contribution < -0.4 is 10.6 Å². The molecule has 8 aromatic rings. The molecule has 0 saturated carbocycles. The molecule has 0 aromatic heterocycles. The molecule has 4 unspecified atom stereocenters. The number of ether oxygens (including phenoxy) is 2. The Balaban J connectivity index is 0.000000200. The summed E-state index contributed by atoms with van der Waals surface area (Å²) >= 11 is 0. The number of nitrogens with zero attached hydrogens (tertiary/aromatic N) is 4. The van der Waals surface area contributed by atoms with Gasteiger partial charge in [-0.15, -0.1) is 0 Å². The maximum atomic E-state index is 14.6. The predicted octanol–water partition coefficient (Wildman–Crippen LogP) is 11.4. The zero-order chi connectivity index (χ0) is 58.1. The van der Waals surface area contributed by atoms with Crippen LogP contribution in [0.3, 0.4) is 0 Å². The van der Waals surface area contributed by atoms with Crippen LogP contribution in [0, 0.1) is 34.3 Å². The molecule has 0 aliphatic carbocycles. The molecular weight excluding hydrogens is 1040 g/mol. The summed E-state index contributed by atoms with van der Waals surface area (Å²) in [6.45, 7) is 5.35. The summed E-state index contributed by atoms with van der Waals surface area (Å²) in [6.07, 6.45) is -0.928. The Morgan fingerprint density at radius 1 is 0.482 bits per heavy atom. The Hall–Kier alpha value is -8.37. The third-order valence-corrected chi connectivity index (χ3v) is 15.4. The van der Waals surface area contributed by atoms with Gasteiger partial charge in [0.15, 0.2) is 5.79 Å². The molecular formula is C70H70F2N6O5. The first-order valence-corrected chi connectivity index (χ1v) is 28.2. The summed E-state index contributed by atoms with van der Waals surface area (Å²) in [7, 11) is 0.